The van der Waals surface area contributed by atoms with Crippen LogP contribution in [0.1, 0.15) is 38.8 Å². The van der Waals surface area contributed by atoms with Crippen molar-refractivity contribution < 1.29 is 9.59 Å². The van der Waals surface area contributed by atoms with Crippen LogP contribution in [0.5, 0.6) is 0 Å². The first-order valence-corrected chi connectivity index (χ1v) is 9.44. The van der Waals surface area contributed by atoms with Gasteiger partial charge in [-0.15, -0.1) is 0 Å². The molecule has 0 aliphatic rings. The number of nitrogens with one attached hydrogen (secondary N) is 1. The third kappa shape index (κ3) is 6.40. The Balaban J connectivity index is 2.24. The molecule has 2 amide bonds. The van der Waals surface area contributed by atoms with Gasteiger partial charge in [0.25, 0.3) is 0 Å². The molecule has 1 N–H and O–H groups in total. The monoisotopic (exact) mass is 386 g/mol. The number of hydrogen-bond acceptors (Lipinski definition) is 2. The predicted octanol–water partition coefficient (Wildman–Crippen LogP) is 4.21. The van der Waals surface area contributed by atoms with Crippen molar-refractivity contribution in [3.05, 3.63) is 70.7 Å². The zero-order valence-corrected chi connectivity index (χ0v) is 17.1. The first kappa shape index (κ1) is 21.0. The zero-order chi connectivity index (χ0) is 20.0. The Hall–Kier alpha value is -2.33. The van der Waals surface area contributed by atoms with E-state index >= 15 is 0 Å². The SMILES string of the molecule is C[C@H](C(=O)NC(C)(C)C)N(Cc1ccccc1)C(=O)Cc1ccccc1Cl. The molecule has 2 rings (SSSR count). The van der Waals surface area contributed by atoms with E-state index in [4.69, 9.17) is 11.6 Å². The molecule has 0 bridgehead atoms. The number of hydrogen-bond donors (Lipinski definition) is 1. The third-order valence-electron chi connectivity index (χ3n) is 4.16. The molecule has 0 aromatic heterocycles. The van der Waals surface area contributed by atoms with Crippen LogP contribution in [0, 0.1) is 0 Å². The van der Waals surface area contributed by atoms with Gasteiger partial charge in [0.2, 0.25) is 11.8 Å². The van der Waals surface area contributed by atoms with Crippen LogP contribution in [0.15, 0.2) is 54.6 Å². The van der Waals surface area contributed by atoms with Gasteiger partial charge < -0.3 is 10.2 Å². The van der Waals surface area contributed by atoms with Gasteiger partial charge in [-0.3, -0.25) is 9.59 Å². The Kier molecular flexibility index (Phi) is 7.03. The minimum atomic E-state index is -0.598. The summed E-state index contributed by atoms with van der Waals surface area (Å²) in [6.07, 6.45) is 0.152. The summed E-state index contributed by atoms with van der Waals surface area (Å²) >= 11 is 6.21. The Labute approximate surface area is 166 Å². The van der Waals surface area contributed by atoms with Gasteiger partial charge in [0, 0.05) is 17.1 Å². The predicted molar refractivity (Wildman–Crippen MR) is 110 cm³/mol. The second kappa shape index (κ2) is 9.05. The highest BCUT2D eigenvalue weighted by Crippen LogP contribution is 2.18. The average molecular weight is 387 g/mol. The minimum absolute atomic E-state index is 0.136. The van der Waals surface area contributed by atoms with Gasteiger partial charge in [-0.1, -0.05) is 60.1 Å². The Morgan fingerprint density at radius 3 is 2.22 bits per heavy atom. The van der Waals surface area contributed by atoms with Gasteiger partial charge >= 0.3 is 0 Å². The molecule has 5 heteroatoms. The molecule has 27 heavy (non-hydrogen) atoms. The highest BCUT2D eigenvalue weighted by molar-refractivity contribution is 6.31. The molecule has 0 saturated heterocycles. The average Bonchev–Trinajstić information content (AvgIpc) is 2.60. The van der Waals surface area contributed by atoms with Crippen molar-refractivity contribution in [2.45, 2.75) is 52.2 Å². The van der Waals surface area contributed by atoms with Crippen LogP contribution in [0.3, 0.4) is 0 Å². The summed E-state index contributed by atoms with van der Waals surface area (Å²) < 4.78 is 0. The largest absolute Gasteiger partial charge is 0.350 e. The smallest absolute Gasteiger partial charge is 0.242 e. The van der Waals surface area contributed by atoms with Crippen molar-refractivity contribution in [2.75, 3.05) is 0 Å². The maximum atomic E-state index is 13.1. The first-order valence-electron chi connectivity index (χ1n) is 9.06. The maximum absolute atomic E-state index is 13.1. The first-order chi connectivity index (χ1) is 12.7. The lowest BCUT2D eigenvalue weighted by molar-refractivity contribution is -0.140. The molecular formula is C22H27ClN2O2. The molecule has 0 spiro atoms. The summed E-state index contributed by atoms with van der Waals surface area (Å²) in [5.41, 5.74) is 1.36. The van der Waals surface area contributed by atoms with Crippen molar-refractivity contribution in [3.8, 4) is 0 Å². The molecular weight excluding hydrogens is 360 g/mol. The van der Waals surface area contributed by atoms with E-state index in [1.165, 1.54) is 0 Å². The van der Waals surface area contributed by atoms with Crippen molar-refractivity contribution in [1.82, 2.24) is 10.2 Å². The van der Waals surface area contributed by atoms with E-state index in [-0.39, 0.29) is 23.8 Å². The molecule has 4 nitrogen and oxygen atoms in total. The maximum Gasteiger partial charge on any atom is 0.242 e. The Morgan fingerprint density at radius 2 is 1.63 bits per heavy atom. The van der Waals surface area contributed by atoms with Gasteiger partial charge in [-0.05, 0) is 44.9 Å². The van der Waals surface area contributed by atoms with Crippen LogP contribution >= 0.6 is 11.6 Å². The number of halogens is 1. The van der Waals surface area contributed by atoms with Crippen LogP contribution < -0.4 is 5.32 Å². The highest BCUT2D eigenvalue weighted by atomic mass is 35.5. The highest BCUT2D eigenvalue weighted by Gasteiger charge is 2.28. The van der Waals surface area contributed by atoms with Crippen molar-refractivity contribution in [3.63, 3.8) is 0 Å². The van der Waals surface area contributed by atoms with E-state index in [0.29, 0.717) is 11.6 Å². The normalized spacial score (nSPS) is 12.3. The summed E-state index contributed by atoms with van der Waals surface area (Å²) in [5, 5.41) is 3.51. The second-order valence-corrected chi connectivity index (χ2v) is 8.10. The molecule has 2 aromatic rings. The van der Waals surface area contributed by atoms with Gasteiger partial charge in [-0.25, -0.2) is 0 Å². The van der Waals surface area contributed by atoms with Gasteiger partial charge in [-0.2, -0.15) is 0 Å². The molecule has 0 radical (unpaired) electrons. The van der Waals surface area contributed by atoms with Crippen LogP contribution in [0.2, 0.25) is 5.02 Å². The van der Waals surface area contributed by atoms with Crippen LogP contribution in [0.4, 0.5) is 0 Å². The molecule has 0 fully saturated rings. The van der Waals surface area contributed by atoms with Crippen molar-refractivity contribution in [2.24, 2.45) is 0 Å². The van der Waals surface area contributed by atoms with E-state index in [1.807, 2.05) is 69.3 Å². The van der Waals surface area contributed by atoms with E-state index in [9.17, 15) is 9.59 Å². The lowest BCUT2D eigenvalue weighted by Gasteiger charge is -2.31. The summed E-state index contributed by atoms with van der Waals surface area (Å²) in [7, 11) is 0. The van der Waals surface area contributed by atoms with Gasteiger partial charge in [0.05, 0.1) is 6.42 Å². The van der Waals surface area contributed by atoms with Crippen molar-refractivity contribution in [1.29, 1.82) is 0 Å². The molecule has 0 unspecified atom stereocenters. The van der Waals surface area contributed by atoms with E-state index in [2.05, 4.69) is 5.32 Å². The summed E-state index contributed by atoms with van der Waals surface area (Å²) in [6, 6.07) is 16.4. The lowest BCUT2D eigenvalue weighted by atomic mass is 10.1. The minimum Gasteiger partial charge on any atom is -0.350 e. The molecule has 0 aliphatic carbocycles. The van der Waals surface area contributed by atoms with Crippen LogP contribution in [0.25, 0.3) is 0 Å². The number of benzene rings is 2. The summed E-state index contributed by atoms with van der Waals surface area (Å²) in [6.45, 7) is 7.89. The molecule has 144 valence electrons. The van der Waals surface area contributed by atoms with E-state index in [0.717, 1.165) is 11.1 Å². The molecule has 1 atom stereocenters. The number of amides is 2. The van der Waals surface area contributed by atoms with E-state index < -0.39 is 6.04 Å². The summed E-state index contributed by atoms with van der Waals surface area (Å²) in [4.78, 5) is 27.4. The number of carbonyl (C=O) groups is 2. The van der Waals surface area contributed by atoms with E-state index in [1.54, 1.807) is 17.9 Å². The summed E-state index contributed by atoms with van der Waals surface area (Å²) in [5.74, 6) is -0.311. The molecule has 0 aliphatic heterocycles. The van der Waals surface area contributed by atoms with Crippen molar-refractivity contribution >= 4 is 23.4 Å². The number of rotatable bonds is 6. The topological polar surface area (TPSA) is 49.4 Å². The standard InChI is InChI=1S/C22H27ClN2O2/c1-16(21(27)24-22(2,3)4)25(15-17-10-6-5-7-11-17)20(26)14-18-12-8-9-13-19(18)23/h5-13,16H,14-15H2,1-4H3,(H,24,27)/t16-/m1/s1. The van der Waals surface area contributed by atoms with Crippen LogP contribution in [-0.4, -0.2) is 28.3 Å². The fraction of sp³-hybridized carbons (Fsp3) is 0.364. The number of nitrogens with zero attached hydrogens (tertiary/aromatic N) is 1. The molecule has 2 aromatic carbocycles. The fourth-order valence-corrected chi connectivity index (χ4v) is 2.95. The lowest BCUT2D eigenvalue weighted by Crippen LogP contribution is -2.52. The van der Waals surface area contributed by atoms with Crippen LogP contribution in [-0.2, 0) is 22.6 Å². The zero-order valence-electron chi connectivity index (χ0n) is 16.3. The van der Waals surface area contributed by atoms with Gasteiger partial charge in [0.15, 0.2) is 0 Å². The number of carbonyl (C=O) groups excluding carboxylic acids is 2. The van der Waals surface area contributed by atoms with Gasteiger partial charge in [0.1, 0.15) is 6.04 Å². The fourth-order valence-electron chi connectivity index (χ4n) is 2.74. The Morgan fingerprint density at radius 1 is 1.04 bits per heavy atom. The molecule has 0 saturated carbocycles. The Bertz CT molecular complexity index is 784. The third-order valence-corrected chi connectivity index (χ3v) is 4.53. The molecule has 0 heterocycles. The quantitative estimate of drug-likeness (QED) is 0.808. The second-order valence-electron chi connectivity index (χ2n) is 7.69.